The van der Waals surface area contributed by atoms with Crippen LogP contribution < -0.4 is 14.8 Å². The van der Waals surface area contributed by atoms with E-state index in [1.165, 1.54) is 23.1 Å². The van der Waals surface area contributed by atoms with Crippen LogP contribution in [-0.4, -0.2) is 45.6 Å². The number of thioether (sulfide) groups is 1. The molecule has 0 spiro atoms. The first-order valence-electron chi connectivity index (χ1n) is 10.2. The van der Waals surface area contributed by atoms with E-state index in [0.29, 0.717) is 23.3 Å². The van der Waals surface area contributed by atoms with Gasteiger partial charge in [0.05, 0.1) is 16.2 Å². The van der Waals surface area contributed by atoms with Crippen LogP contribution in [0, 0.1) is 5.92 Å². The molecule has 0 atom stereocenters. The van der Waals surface area contributed by atoms with Crippen LogP contribution in [0.4, 0.5) is 9.93 Å². The van der Waals surface area contributed by atoms with Gasteiger partial charge in [0.1, 0.15) is 0 Å². The van der Waals surface area contributed by atoms with E-state index in [-0.39, 0.29) is 24.6 Å². The highest BCUT2D eigenvalue weighted by molar-refractivity contribution is 8.01. The maximum Gasteiger partial charge on any atom is 0.324 e. The van der Waals surface area contributed by atoms with E-state index < -0.39 is 5.97 Å². The molecule has 10 heteroatoms. The Hall–Kier alpha value is -2.46. The number of carbonyl (C=O) groups is 2. The summed E-state index contributed by atoms with van der Waals surface area (Å²) in [6, 6.07) is 5.73. The zero-order valence-corrected chi connectivity index (χ0v) is 18.8. The summed E-state index contributed by atoms with van der Waals surface area (Å²) in [6.07, 6.45) is 5.73. The summed E-state index contributed by atoms with van der Waals surface area (Å²) >= 11 is 2.48. The fraction of sp³-hybridized carbons (Fsp3) is 0.476. The van der Waals surface area contributed by atoms with Crippen LogP contribution in [-0.2, 0) is 11.3 Å². The first-order valence-corrected chi connectivity index (χ1v) is 12.0. The van der Waals surface area contributed by atoms with Crippen molar-refractivity contribution >= 4 is 40.2 Å². The molecular weight excluding hydrogens is 438 g/mol. The summed E-state index contributed by atoms with van der Waals surface area (Å²) < 4.78 is 11.6. The molecule has 2 aromatic rings. The first kappa shape index (κ1) is 21.8. The van der Waals surface area contributed by atoms with Gasteiger partial charge in [0.25, 0.3) is 0 Å². The molecule has 2 aliphatic rings. The third-order valence-electron chi connectivity index (χ3n) is 5.51. The number of amides is 2. The number of hydrogen-bond donors (Lipinski definition) is 2. The van der Waals surface area contributed by atoms with E-state index in [1.54, 1.807) is 6.20 Å². The van der Waals surface area contributed by atoms with Crippen LogP contribution in [0.3, 0.4) is 0 Å². The number of carboxylic acid groups (broad SMARTS) is 1. The Kier molecular flexibility index (Phi) is 6.86. The minimum atomic E-state index is -0.884. The van der Waals surface area contributed by atoms with Crippen molar-refractivity contribution in [3.63, 3.8) is 0 Å². The lowest BCUT2D eigenvalue weighted by atomic mass is 9.86. The van der Waals surface area contributed by atoms with Crippen molar-refractivity contribution in [1.82, 2.24) is 9.88 Å². The molecule has 1 fully saturated rings. The summed E-state index contributed by atoms with van der Waals surface area (Å²) in [4.78, 5) is 30.1. The Morgan fingerprint density at radius 1 is 1.26 bits per heavy atom. The number of fused-ring (bicyclic) bond motifs is 1. The molecule has 1 aliphatic heterocycles. The molecular formula is C21H25N3O5S2. The average Bonchev–Trinajstić information content (AvgIpc) is 3.40. The van der Waals surface area contributed by atoms with Crippen molar-refractivity contribution in [2.45, 2.75) is 49.4 Å². The van der Waals surface area contributed by atoms with Crippen molar-refractivity contribution in [1.29, 1.82) is 0 Å². The third-order valence-corrected chi connectivity index (χ3v) is 7.61. The number of aromatic nitrogens is 1. The molecule has 0 saturated heterocycles. The molecule has 0 radical (unpaired) electrons. The quantitative estimate of drug-likeness (QED) is 0.576. The predicted molar refractivity (Wildman–Crippen MR) is 119 cm³/mol. The lowest BCUT2D eigenvalue weighted by Crippen LogP contribution is -2.44. The fourth-order valence-electron chi connectivity index (χ4n) is 3.84. The van der Waals surface area contributed by atoms with E-state index in [1.807, 2.05) is 23.1 Å². The highest BCUT2D eigenvalue weighted by Gasteiger charge is 2.29. The number of hydrogen-bond acceptors (Lipinski definition) is 7. The van der Waals surface area contributed by atoms with Crippen molar-refractivity contribution in [2.24, 2.45) is 5.92 Å². The van der Waals surface area contributed by atoms with E-state index >= 15 is 0 Å². The van der Waals surface area contributed by atoms with Gasteiger partial charge < -0.3 is 19.5 Å². The number of ether oxygens (including phenoxy) is 2. The lowest BCUT2D eigenvalue weighted by molar-refractivity contribution is -0.133. The van der Waals surface area contributed by atoms with Crippen LogP contribution in [0.1, 0.15) is 38.2 Å². The Balaban J connectivity index is 1.47. The Morgan fingerprint density at radius 3 is 2.81 bits per heavy atom. The molecule has 31 heavy (non-hydrogen) atoms. The Labute approximate surface area is 188 Å². The number of nitrogens with zero attached hydrogens (tertiary/aromatic N) is 2. The second-order valence-corrected chi connectivity index (χ2v) is 10.1. The van der Waals surface area contributed by atoms with Gasteiger partial charge in [-0.2, -0.15) is 0 Å². The Morgan fingerprint density at radius 2 is 2.03 bits per heavy atom. The maximum absolute atomic E-state index is 13.2. The number of aliphatic carboxylic acids is 1. The number of carboxylic acids is 1. The molecule has 166 valence electrons. The molecule has 2 N–H and O–H groups in total. The molecule has 4 rings (SSSR count). The molecule has 1 aliphatic carbocycles. The van der Waals surface area contributed by atoms with Gasteiger partial charge >= 0.3 is 12.0 Å². The molecule has 1 aromatic carbocycles. The molecule has 1 aromatic heterocycles. The number of benzene rings is 1. The van der Waals surface area contributed by atoms with Gasteiger partial charge in [-0.15, -0.1) is 11.8 Å². The molecule has 2 heterocycles. The van der Waals surface area contributed by atoms with Crippen molar-refractivity contribution < 1.29 is 24.2 Å². The zero-order valence-electron chi connectivity index (χ0n) is 17.2. The van der Waals surface area contributed by atoms with Gasteiger partial charge in [-0.3, -0.25) is 10.1 Å². The van der Waals surface area contributed by atoms with Crippen LogP contribution in [0.25, 0.3) is 0 Å². The minimum absolute atomic E-state index is 0.0356. The third kappa shape index (κ3) is 5.62. The molecule has 1 saturated carbocycles. The average molecular weight is 464 g/mol. The largest absolute Gasteiger partial charge is 0.481 e. The normalized spacial score (nSPS) is 19.8. The SMILES string of the molecule is CC1CCC(N(Cc2ccc3c(c2)OCO3)C(=O)Nc2ncc(SCC(=O)O)s2)CC1. The topological polar surface area (TPSA) is 101 Å². The van der Waals surface area contributed by atoms with Crippen molar-refractivity contribution in [3.8, 4) is 11.5 Å². The van der Waals surface area contributed by atoms with Gasteiger partial charge in [0.2, 0.25) is 6.79 Å². The number of carbonyl (C=O) groups excluding carboxylic acids is 1. The molecule has 0 unspecified atom stereocenters. The summed E-state index contributed by atoms with van der Waals surface area (Å²) in [5, 5.41) is 12.2. The van der Waals surface area contributed by atoms with Crippen LogP contribution in [0.15, 0.2) is 28.6 Å². The molecule has 8 nitrogen and oxygen atoms in total. The number of anilines is 1. The van der Waals surface area contributed by atoms with E-state index in [4.69, 9.17) is 14.6 Å². The second kappa shape index (κ2) is 9.78. The summed E-state index contributed by atoms with van der Waals surface area (Å²) in [5.41, 5.74) is 0.981. The van der Waals surface area contributed by atoms with E-state index in [9.17, 15) is 9.59 Å². The smallest absolute Gasteiger partial charge is 0.324 e. The van der Waals surface area contributed by atoms with Gasteiger partial charge in [-0.1, -0.05) is 24.3 Å². The van der Waals surface area contributed by atoms with Gasteiger partial charge in [0, 0.05) is 12.6 Å². The summed E-state index contributed by atoms with van der Waals surface area (Å²) in [7, 11) is 0. The van der Waals surface area contributed by atoms with Crippen molar-refractivity contribution in [2.75, 3.05) is 17.9 Å². The first-order chi connectivity index (χ1) is 15.0. The standard InChI is InChI=1S/C21H25N3O5S2/c1-13-2-5-15(6-3-13)24(10-14-4-7-16-17(8-14)29-12-28-16)21(27)23-20-22-9-19(31-20)30-11-18(25)26/h4,7-9,13,15H,2-3,5-6,10-12H2,1H3,(H,25,26)(H,22,23,27). The van der Waals surface area contributed by atoms with Crippen LogP contribution in [0.2, 0.25) is 0 Å². The zero-order chi connectivity index (χ0) is 21.8. The van der Waals surface area contributed by atoms with Crippen LogP contribution in [0.5, 0.6) is 11.5 Å². The van der Waals surface area contributed by atoms with E-state index in [2.05, 4.69) is 17.2 Å². The van der Waals surface area contributed by atoms with Crippen molar-refractivity contribution in [3.05, 3.63) is 30.0 Å². The van der Waals surface area contributed by atoms with E-state index in [0.717, 1.165) is 41.2 Å². The van der Waals surface area contributed by atoms with Crippen LogP contribution >= 0.6 is 23.1 Å². The summed E-state index contributed by atoms with van der Waals surface area (Å²) in [5.74, 6) is 1.19. The highest BCUT2D eigenvalue weighted by atomic mass is 32.2. The fourth-order valence-corrected chi connectivity index (χ4v) is 5.42. The van der Waals surface area contributed by atoms with Gasteiger partial charge in [0.15, 0.2) is 16.6 Å². The van der Waals surface area contributed by atoms with Gasteiger partial charge in [-0.25, -0.2) is 9.78 Å². The number of nitrogens with one attached hydrogen (secondary N) is 1. The number of urea groups is 1. The predicted octanol–water partition coefficient (Wildman–Crippen LogP) is 4.66. The highest BCUT2D eigenvalue weighted by Crippen LogP contribution is 2.34. The monoisotopic (exact) mass is 463 g/mol. The summed E-state index contributed by atoms with van der Waals surface area (Å²) in [6.45, 7) is 2.94. The number of rotatable bonds is 7. The van der Waals surface area contributed by atoms with Gasteiger partial charge in [-0.05, 0) is 49.3 Å². The Bertz CT molecular complexity index is 943. The number of thiazole rings is 1. The lowest BCUT2D eigenvalue weighted by Gasteiger charge is -2.36. The maximum atomic E-state index is 13.2. The minimum Gasteiger partial charge on any atom is -0.481 e. The molecule has 0 bridgehead atoms. The second-order valence-electron chi connectivity index (χ2n) is 7.83. The molecule has 2 amide bonds.